The largest absolute Gasteiger partial charge is 0.468 e. The van der Waals surface area contributed by atoms with E-state index >= 15 is 0 Å². The van der Waals surface area contributed by atoms with Crippen molar-refractivity contribution >= 4 is 17.6 Å². The Bertz CT molecular complexity index is 135. The highest BCUT2D eigenvalue weighted by atomic mass is 35.5. The first kappa shape index (κ1) is 11.6. The van der Waals surface area contributed by atoms with Crippen molar-refractivity contribution in [1.29, 1.82) is 0 Å². The van der Waals surface area contributed by atoms with Gasteiger partial charge in [0.05, 0.1) is 13.8 Å². The third-order valence-electron chi connectivity index (χ3n) is 1.27. The van der Waals surface area contributed by atoms with Crippen LogP contribution in [0.15, 0.2) is 0 Å². The highest BCUT2D eigenvalue weighted by Gasteiger charge is 2.13. The molecule has 0 amide bonds. The van der Waals surface area contributed by atoms with Crippen molar-refractivity contribution in [3.05, 3.63) is 0 Å². The molecule has 0 heterocycles. The maximum atomic E-state index is 11.6. The topological polar surface area (TPSA) is 38.3 Å². The molecule has 0 saturated carbocycles. The van der Waals surface area contributed by atoms with Crippen LogP contribution >= 0.6 is 11.6 Å². The van der Waals surface area contributed by atoms with Gasteiger partial charge in [-0.15, -0.1) is 11.6 Å². The molecule has 12 heavy (non-hydrogen) atoms. The molecular formula is C7H13ClFNO2. The molecule has 0 bridgehead atoms. The zero-order valence-electron chi connectivity index (χ0n) is 6.98. The quantitative estimate of drug-likeness (QED) is 0.387. The summed E-state index contributed by atoms with van der Waals surface area (Å²) in [6.07, 6.45) is 0.435. The van der Waals surface area contributed by atoms with Crippen LogP contribution in [0.25, 0.3) is 0 Å². The molecule has 1 atom stereocenters. The molecule has 0 fully saturated rings. The number of carbonyl (C=O) groups excluding carboxylic acids is 1. The lowest BCUT2D eigenvalue weighted by Gasteiger charge is -2.07. The van der Waals surface area contributed by atoms with Gasteiger partial charge < -0.3 is 10.1 Å². The highest BCUT2D eigenvalue weighted by molar-refractivity contribution is 6.30. The average molecular weight is 198 g/mol. The maximum absolute atomic E-state index is 11.6. The van der Waals surface area contributed by atoms with Gasteiger partial charge in [0.1, 0.15) is 5.38 Å². The fourth-order valence-corrected chi connectivity index (χ4v) is 0.830. The zero-order chi connectivity index (χ0) is 9.40. The lowest BCUT2D eigenvalue weighted by molar-refractivity contribution is -0.140. The molecule has 0 aliphatic carbocycles. The molecule has 0 aromatic heterocycles. The third-order valence-corrected chi connectivity index (χ3v) is 1.60. The van der Waals surface area contributed by atoms with Crippen molar-refractivity contribution in [1.82, 2.24) is 5.32 Å². The molecule has 5 heteroatoms. The van der Waals surface area contributed by atoms with Gasteiger partial charge in [-0.1, -0.05) is 0 Å². The van der Waals surface area contributed by atoms with E-state index in [0.29, 0.717) is 19.5 Å². The molecule has 1 N–H and O–H groups in total. The molecule has 0 rings (SSSR count). The average Bonchev–Trinajstić information content (AvgIpc) is 2.10. The second-order valence-electron chi connectivity index (χ2n) is 2.24. The first-order valence-electron chi connectivity index (χ1n) is 3.71. The molecule has 72 valence electrons. The summed E-state index contributed by atoms with van der Waals surface area (Å²) in [5.74, 6) is -0.468. The van der Waals surface area contributed by atoms with E-state index in [-0.39, 0.29) is 6.67 Å². The first-order valence-corrected chi connectivity index (χ1v) is 4.14. The van der Waals surface area contributed by atoms with Gasteiger partial charge in [0, 0.05) is 6.54 Å². The summed E-state index contributed by atoms with van der Waals surface area (Å²) in [5.41, 5.74) is 0. The summed E-state index contributed by atoms with van der Waals surface area (Å²) in [4.78, 5) is 10.7. The van der Waals surface area contributed by atoms with E-state index in [4.69, 9.17) is 11.6 Å². The van der Waals surface area contributed by atoms with Crippen molar-refractivity contribution in [2.45, 2.75) is 11.8 Å². The van der Waals surface area contributed by atoms with Crippen molar-refractivity contribution in [3.8, 4) is 0 Å². The van der Waals surface area contributed by atoms with Gasteiger partial charge in [0.25, 0.3) is 0 Å². The van der Waals surface area contributed by atoms with Gasteiger partial charge in [-0.2, -0.15) is 0 Å². The monoisotopic (exact) mass is 197 g/mol. The Hall–Kier alpha value is -0.350. The Kier molecular flexibility index (Phi) is 7.09. The molecule has 0 aliphatic heterocycles. The van der Waals surface area contributed by atoms with Crippen LogP contribution < -0.4 is 5.32 Å². The molecule has 0 aliphatic rings. The minimum Gasteiger partial charge on any atom is -0.468 e. The summed E-state index contributed by atoms with van der Waals surface area (Å²) < 4.78 is 16.0. The van der Waals surface area contributed by atoms with E-state index in [9.17, 15) is 9.18 Å². The Morgan fingerprint density at radius 1 is 1.75 bits per heavy atom. The first-order chi connectivity index (χ1) is 5.72. The Labute approximate surface area is 76.2 Å². The SMILES string of the molecule is COC(=O)C(Cl)CNCCCF. The molecule has 3 nitrogen and oxygen atoms in total. The fraction of sp³-hybridized carbons (Fsp3) is 0.857. The molecular weight excluding hydrogens is 185 g/mol. The van der Waals surface area contributed by atoms with Crippen molar-refractivity contribution in [2.24, 2.45) is 0 Å². The number of ether oxygens (including phenoxy) is 1. The smallest absolute Gasteiger partial charge is 0.325 e. The van der Waals surface area contributed by atoms with E-state index in [1.807, 2.05) is 0 Å². The van der Waals surface area contributed by atoms with Crippen LogP contribution in [0, 0.1) is 0 Å². The number of alkyl halides is 2. The fourth-order valence-electron chi connectivity index (χ4n) is 0.632. The minimum atomic E-state index is -0.686. The molecule has 0 aromatic rings. The summed E-state index contributed by atoms with van der Waals surface area (Å²) in [7, 11) is 1.28. The van der Waals surface area contributed by atoms with E-state index in [1.54, 1.807) is 0 Å². The lowest BCUT2D eigenvalue weighted by Crippen LogP contribution is -2.30. The number of nitrogens with one attached hydrogen (secondary N) is 1. The minimum absolute atomic E-state index is 0.314. The summed E-state index contributed by atoms with van der Waals surface area (Å²) >= 11 is 5.58. The van der Waals surface area contributed by atoms with Crippen LogP contribution in [0.3, 0.4) is 0 Å². The van der Waals surface area contributed by atoms with Crippen molar-refractivity contribution in [2.75, 3.05) is 26.9 Å². The van der Waals surface area contributed by atoms with E-state index < -0.39 is 11.3 Å². The molecule has 0 saturated heterocycles. The van der Waals surface area contributed by atoms with Gasteiger partial charge in [-0.25, -0.2) is 0 Å². The standard InChI is InChI=1S/C7H13ClFNO2/c1-12-7(11)6(8)5-10-4-2-3-9/h6,10H,2-5H2,1H3. The van der Waals surface area contributed by atoms with E-state index in [2.05, 4.69) is 10.1 Å². The van der Waals surface area contributed by atoms with Crippen molar-refractivity contribution in [3.63, 3.8) is 0 Å². The van der Waals surface area contributed by atoms with Crippen LogP contribution in [0.4, 0.5) is 4.39 Å². The summed E-state index contributed by atoms with van der Waals surface area (Å²) in [5, 5.41) is 2.14. The van der Waals surface area contributed by atoms with Gasteiger partial charge in [-0.3, -0.25) is 9.18 Å². The second-order valence-corrected chi connectivity index (χ2v) is 2.76. The summed E-state index contributed by atoms with van der Waals surface area (Å²) in [6, 6.07) is 0. The maximum Gasteiger partial charge on any atom is 0.325 e. The predicted molar refractivity (Wildman–Crippen MR) is 45.1 cm³/mol. The Balaban J connectivity index is 3.31. The molecule has 0 radical (unpaired) electrons. The Morgan fingerprint density at radius 3 is 2.92 bits per heavy atom. The van der Waals surface area contributed by atoms with Gasteiger partial charge >= 0.3 is 5.97 Å². The number of hydrogen-bond donors (Lipinski definition) is 1. The third kappa shape index (κ3) is 5.32. The number of esters is 1. The lowest BCUT2D eigenvalue weighted by atomic mass is 10.4. The number of methoxy groups -OCH3 is 1. The van der Waals surface area contributed by atoms with Gasteiger partial charge in [0.2, 0.25) is 0 Å². The van der Waals surface area contributed by atoms with Gasteiger partial charge in [-0.05, 0) is 13.0 Å². The number of hydrogen-bond acceptors (Lipinski definition) is 3. The molecule has 1 unspecified atom stereocenters. The number of halogens is 2. The van der Waals surface area contributed by atoms with Crippen LogP contribution in [0.1, 0.15) is 6.42 Å². The van der Waals surface area contributed by atoms with E-state index in [0.717, 1.165) is 0 Å². The molecule has 0 spiro atoms. The highest BCUT2D eigenvalue weighted by Crippen LogP contribution is 1.95. The van der Waals surface area contributed by atoms with Crippen molar-refractivity contribution < 1.29 is 13.9 Å². The number of rotatable bonds is 6. The second kappa shape index (κ2) is 7.31. The molecule has 0 aromatic carbocycles. The summed E-state index contributed by atoms with van der Waals surface area (Å²) in [6.45, 7) is 0.475. The normalized spacial score (nSPS) is 12.6. The van der Waals surface area contributed by atoms with Crippen LogP contribution in [-0.4, -0.2) is 38.2 Å². The number of carbonyl (C=O) groups is 1. The zero-order valence-corrected chi connectivity index (χ0v) is 7.73. The van der Waals surface area contributed by atoms with Crippen LogP contribution in [-0.2, 0) is 9.53 Å². The van der Waals surface area contributed by atoms with Crippen LogP contribution in [0.2, 0.25) is 0 Å². The van der Waals surface area contributed by atoms with Crippen LogP contribution in [0.5, 0.6) is 0 Å². The van der Waals surface area contributed by atoms with E-state index in [1.165, 1.54) is 7.11 Å². The van der Waals surface area contributed by atoms with Gasteiger partial charge in [0.15, 0.2) is 0 Å². The Morgan fingerprint density at radius 2 is 2.42 bits per heavy atom. The predicted octanol–water partition coefficient (Wildman–Crippen LogP) is 0.716.